The van der Waals surface area contributed by atoms with Gasteiger partial charge in [-0.25, -0.2) is 4.98 Å². The Kier molecular flexibility index (Phi) is 4.69. The minimum absolute atomic E-state index is 0.0307. The Bertz CT molecular complexity index is 1060. The number of rotatable bonds is 6. The third-order valence-corrected chi connectivity index (χ3v) is 4.70. The summed E-state index contributed by atoms with van der Waals surface area (Å²) in [7, 11) is 0. The molecule has 2 aromatic carbocycles. The van der Waals surface area contributed by atoms with E-state index in [1.165, 1.54) is 0 Å². The van der Waals surface area contributed by atoms with E-state index in [9.17, 15) is 9.59 Å². The van der Waals surface area contributed by atoms with Crippen LogP contribution in [0.4, 0.5) is 5.69 Å². The van der Waals surface area contributed by atoms with Crippen molar-refractivity contribution >= 4 is 28.4 Å². The molecule has 0 aliphatic heterocycles. The van der Waals surface area contributed by atoms with E-state index < -0.39 is 5.91 Å². The summed E-state index contributed by atoms with van der Waals surface area (Å²) >= 11 is 0. The van der Waals surface area contributed by atoms with Crippen LogP contribution in [-0.4, -0.2) is 23.4 Å². The highest BCUT2D eigenvalue weighted by Gasteiger charge is 2.29. The first-order valence-corrected chi connectivity index (χ1v) is 9.23. The molecule has 28 heavy (non-hydrogen) atoms. The van der Waals surface area contributed by atoms with E-state index in [2.05, 4.69) is 5.32 Å². The highest BCUT2D eigenvalue weighted by molar-refractivity contribution is 5.97. The van der Waals surface area contributed by atoms with Crippen LogP contribution in [0, 0.1) is 12.8 Å². The zero-order valence-corrected chi connectivity index (χ0v) is 15.6. The van der Waals surface area contributed by atoms with Crippen LogP contribution >= 0.6 is 0 Å². The lowest BCUT2D eigenvalue weighted by molar-refractivity contribution is -0.120. The molecular formula is C22H21N3O3. The highest BCUT2D eigenvalue weighted by atomic mass is 16.5. The van der Waals surface area contributed by atoms with Crippen LogP contribution in [0.1, 0.15) is 18.4 Å². The fraction of sp³-hybridized carbons (Fsp3) is 0.227. The van der Waals surface area contributed by atoms with Crippen molar-refractivity contribution in [2.24, 2.45) is 11.7 Å². The fourth-order valence-corrected chi connectivity index (χ4v) is 3.00. The first kappa shape index (κ1) is 18.0. The Morgan fingerprint density at radius 2 is 1.89 bits per heavy atom. The second kappa shape index (κ2) is 7.31. The summed E-state index contributed by atoms with van der Waals surface area (Å²) < 4.78 is 5.66. The molecule has 4 rings (SSSR count). The number of ether oxygens (including phenoxy) is 1. The van der Waals surface area contributed by atoms with E-state index in [0.29, 0.717) is 22.3 Å². The van der Waals surface area contributed by atoms with Crippen molar-refractivity contribution in [2.75, 3.05) is 11.9 Å². The molecule has 2 amide bonds. The topological polar surface area (TPSA) is 94.3 Å². The van der Waals surface area contributed by atoms with Gasteiger partial charge in [-0.3, -0.25) is 9.59 Å². The summed E-state index contributed by atoms with van der Waals surface area (Å²) in [4.78, 5) is 28.0. The number of fused-ring (bicyclic) bond motifs is 1. The summed E-state index contributed by atoms with van der Waals surface area (Å²) in [5, 5.41) is 3.64. The number of nitrogens with two attached hydrogens (primary N) is 1. The summed E-state index contributed by atoms with van der Waals surface area (Å²) in [6, 6.07) is 15.3. The van der Waals surface area contributed by atoms with Crippen molar-refractivity contribution < 1.29 is 14.3 Å². The van der Waals surface area contributed by atoms with Crippen molar-refractivity contribution in [1.82, 2.24) is 4.98 Å². The van der Waals surface area contributed by atoms with Crippen molar-refractivity contribution in [1.29, 1.82) is 0 Å². The number of hydrogen-bond acceptors (Lipinski definition) is 4. The van der Waals surface area contributed by atoms with E-state index >= 15 is 0 Å². The minimum Gasteiger partial charge on any atom is -0.483 e. The third-order valence-electron chi connectivity index (χ3n) is 4.70. The van der Waals surface area contributed by atoms with Crippen LogP contribution in [0.25, 0.3) is 22.2 Å². The number of carbonyl (C=O) groups excluding carboxylic acids is 2. The standard InChI is InChI=1S/C22H21N3O3/c1-13-2-4-14(5-3-13)19-11-20(28-12-21(23)26)17-10-16(8-9-18(17)25-19)24-22(27)15-6-7-15/h2-5,8-11,15H,6-7,12H2,1H3,(H2,23,26)(H,24,27). The predicted octanol–water partition coefficient (Wildman–Crippen LogP) is 3.42. The average Bonchev–Trinajstić information content (AvgIpc) is 3.52. The maximum absolute atomic E-state index is 12.1. The Morgan fingerprint density at radius 3 is 2.57 bits per heavy atom. The number of aryl methyl sites for hydroxylation is 1. The van der Waals surface area contributed by atoms with E-state index in [4.69, 9.17) is 15.5 Å². The molecule has 1 saturated carbocycles. The predicted molar refractivity (Wildman–Crippen MR) is 108 cm³/mol. The number of primary amides is 1. The van der Waals surface area contributed by atoms with Crippen LogP contribution in [0.2, 0.25) is 0 Å². The number of hydrogen-bond donors (Lipinski definition) is 2. The molecule has 1 heterocycles. The summed E-state index contributed by atoms with van der Waals surface area (Å²) in [6.45, 7) is 1.79. The monoisotopic (exact) mass is 375 g/mol. The van der Waals surface area contributed by atoms with Crippen LogP contribution in [-0.2, 0) is 9.59 Å². The maximum Gasteiger partial charge on any atom is 0.255 e. The lowest BCUT2D eigenvalue weighted by Gasteiger charge is -2.12. The second-order valence-corrected chi connectivity index (χ2v) is 7.12. The van der Waals surface area contributed by atoms with Crippen molar-refractivity contribution in [2.45, 2.75) is 19.8 Å². The van der Waals surface area contributed by atoms with E-state index in [1.807, 2.05) is 49.4 Å². The zero-order chi connectivity index (χ0) is 19.7. The number of benzene rings is 2. The van der Waals surface area contributed by atoms with Gasteiger partial charge in [-0.05, 0) is 38.0 Å². The highest BCUT2D eigenvalue weighted by Crippen LogP contribution is 2.34. The lowest BCUT2D eigenvalue weighted by atomic mass is 10.1. The van der Waals surface area contributed by atoms with Gasteiger partial charge in [0.05, 0.1) is 11.2 Å². The first-order valence-electron chi connectivity index (χ1n) is 9.23. The van der Waals surface area contributed by atoms with Crippen molar-refractivity contribution in [3.63, 3.8) is 0 Å². The molecule has 3 N–H and O–H groups in total. The molecule has 1 aromatic heterocycles. The Labute approximate surface area is 162 Å². The average molecular weight is 375 g/mol. The van der Waals surface area contributed by atoms with Gasteiger partial charge in [0.2, 0.25) is 5.91 Å². The zero-order valence-electron chi connectivity index (χ0n) is 15.6. The van der Waals surface area contributed by atoms with Crippen LogP contribution in [0.15, 0.2) is 48.5 Å². The summed E-state index contributed by atoms with van der Waals surface area (Å²) in [5.74, 6) is 0.0911. The number of nitrogens with zero attached hydrogens (tertiary/aromatic N) is 1. The van der Waals surface area contributed by atoms with Gasteiger partial charge < -0.3 is 15.8 Å². The van der Waals surface area contributed by atoms with Crippen molar-refractivity contribution in [3.05, 3.63) is 54.1 Å². The van der Waals surface area contributed by atoms with Gasteiger partial charge in [-0.2, -0.15) is 0 Å². The second-order valence-electron chi connectivity index (χ2n) is 7.12. The van der Waals surface area contributed by atoms with Crippen LogP contribution < -0.4 is 15.8 Å². The smallest absolute Gasteiger partial charge is 0.255 e. The lowest BCUT2D eigenvalue weighted by Crippen LogP contribution is -2.20. The fourth-order valence-electron chi connectivity index (χ4n) is 3.00. The molecule has 0 bridgehead atoms. The van der Waals surface area contributed by atoms with Gasteiger partial charge in [0.25, 0.3) is 5.91 Å². The molecule has 0 saturated heterocycles. The quantitative estimate of drug-likeness (QED) is 0.690. The van der Waals surface area contributed by atoms with Gasteiger partial charge in [0.15, 0.2) is 6.61 Å². The number of anilines is 1. The van der Waals surface area contributed by atoms with Crippen molar-refractivity contribution in [3.8, 4) is 17.0 Å². The number of carbonyl (C=O) groups is 2. The molecule has 6 nitrogen and oxygen atoms in total. The Morgan fingerprint density at radius 1 is 1.14 bits per heavy atom. The first-order chi connectivity index (χ1) is 13.5. The minimum atomic E-state index is -0.556. The van der Waals surface area contributed by atoms with Gasteiger partial charge in [-0.1, -0.05) is 29.8 Å². The molecule has 0 radical (unpaired) electrons. The van der Waals surface area contributed by atoms with E-state index in [-0.39, 0.29) is 18.4 Å². The number of aromatic nitrogens is 1. The molecular weight excluding hydrogens is 354 g/mol. The number of amides is 2. The molecule has 3 aromatic rings. The Hall–Kier alpha value is -3.41. The van der Waals surface area contributed by atoms with E-state index in [0.717, 1.165) is 29.7 Å². The Balaban J connectivity index is 1.75. The van der Waals surface area contributed by atoms with E-state index in [1.54, 1.807) is 6.07 Å². The van der Waals surface area contributed by atoms with Gasteiger partial charge in [-0.15, -0.1) is 0 Å². The summed E-state index contributed by atoms with van der Waals surface area (Å²) in [5.41, 5.74) is 9.48. The molecule has 0 unspecified atom stereocenters. The molecule has 1 aliphatic rings. The number of pyridine rings is 1. The SMILES string of the molecule is Cc1ccc(-c2cc(OCC(N)=O)c3cc(NC(=O)C4CC4)ccc3n2)cc1. The maximum atomic E-state index is 12.1. The normalized spacial score (nSPS) is 13.3. The third kappa shape index (κ3) is 3.96. The molecule has 0 atom stereocenters. The molecule has 1 fully saturated rings. The molecule has 142 valence electrons. The largest absolute Gasteiger partial charge is 0.483 e. The number of nitrogens with one attached hydrogen (secondary N) is 1. The van der Waals surface area contributed by atoms with Crippen LogP contribution in [0.5, 0.6) is 5.75 Å². The molecule has 6 heteroatoms. The summed E-state index contributed by atoms with van der Waals surface area (Å²) in [6.07, 6.45) is 1.88. The molecule has 1 aliphatic carbocycles. The van der Waals surface area contributed by atoms with Gasteiger partial charge in [0, 0.05) is 28.6 Å². The van der Waals surface area contributed by atoms with Crippen LogP contribution in [0.3, 0.4) is 0 Å². The van der Waals surface area contributed by atoms with Gasteiger partial charge in [0.1, 0.15) is 5.75 Å². The van der Waals surface area contributed by atoms with Gasteiger partial charge >= 0.3 is 0 Å². The molecule has 0 spiro atoms.